The summed E-state index contributed by atoms with van der Waals surface area (Å²) < 4.78 is 34.9. The third kappa shape index (κ3) is 4.78. The van der Waals surface area contributed by atoms with Crippen LogP contribution in [0.1, 0.15) is 27.0 Å². The predicted molar refractivity (Wildman–Crippen MR) is 82.9 cm³/mol. The number of ether oxygens (including phenoxy) is 4. The van der Waals surface area contributed by atoms with Crippen LogP contribution in [-0.4, -0.2) is 52.4 Å². The van der Waals surface area contributed by atoms with Crippen LogP contribution in [0.4, 0.5) is 4.39 Å². The molecule has 2 heterocycles. The molecule has 12 heteroatoms. The van der Waals surface area contributed by atoms with Crippen molar-refractivity contribution in [3.05, 3.63) is 32.9 Å². The molecule has 0 radical (unpaired) electrons. The van der Waals surface area contributed by atoms with Gasteiger partial charge >= 0.3 is 23.6 Å². The molecule has 1 N–H and O–H groups in total. The molecule has 1 saturated heterocycles. The highest BCUT2D eigenvalue weighted by molar-refractivity contribution is 5.67. The lowest BCUT2D eigenvalue weighted by molar-refractivity contribution is -0.166. The Morgan fingerprint density at radius 2 is 1.70 bits per heavy atom. The van der Waals surface area contributed by atoms with E-state index in [1.807, 2.05) is 0 Å². The number of aromatic nitrogens is 2. The molecule has 0 aliphatic carbocycles. The Morgan fingerprint density at radius 1 is 1.11 bits per heavy atom. The highest BCUT2D eigenvalue weighted by Gasteiger charge is 2.51. The summed E-state index contributed by atoms with van der Waals surface area (Å²) in [6.07, 6.45) is -4.61. The van der Waals surface area contributed by atoms with Gasteiger partial charge in [0.05, 0.1) is 6.20 Å². The highest BCUT2D eigenvalue weighted by atomic mass is 19.1. The number of hydrogen-bond donors (Lipinski definition) is 1. The monoisotopic (exact) mass is 388 g/mol. The molecule has 0 unspecified atom stereocenters. The summed E-state index contributed by atoms with van der Waals surface area (Å²) in [6.45, 7) is 2.91. The molecule has 1 aromatic heterocycles. The smallest absolute Gasteiger partial charge is 0.330 e. The highest BCUT2D eigenvalue weighted by Crippen LogP contribution is 2.33. The van der Waals surface area contributed by atoms with Crippen molar-refractivity contribution in [2.45, 2.75) is 45.3 Å². The van der Waals surface area contributed by atoms with E-state index in [4.69, 9.17) is 18.9 Å². The van der Waals surface area contributed by atoms with Crippen LogP contribution in [0.5, 0.6) is 0 Å². The van der Waals surface area contributed by atoms with E-state index in [1.54, 1.807) is 4.98 Å². The van der Waals surface area contributed by atoms with Crippen molar-refractivity contribution >= 4 is 17.9 Å². The van der Waals surface area contributed by atoms with Crippen LogP contribution >= 0.6 is 0 Å². The largest absolute Gasteiger partial charge is 0.463 e. The number of hydrogen-bond acceptors (Lipinski definition) is 9. The Balaban J connectivity index is 2.47. The third-order valence-corrected chi connectivity index (χ3v) is 3.54. The average Bonchev–Trinajstić information content (AvgIpc) is 2.85. The summed E-state index contributed by atoms with van der Waals surface area (Å²) in [5.41, 5.74) is -2.29. The fourth-order valence-corrected chi connectivity index (χ4v) is 2.57. The summed E-state index contributed by atoms with van der Waals surface area (Å²) in [4.78, 5) is 58.9. The van der Waals surface area contributed by atoms with E-state index in [-0.39, 0.29) is 6.61 Å². The minimum Gasteiger partial charge on any atom is -0.463 e. The molecule has 1 aliphatic heterocycles. The summed E-state index contributed by atoms with van der Waals surface area (Å²) in [5, 5.41) is 0. The first-order valence-corrected chi connectivity index (χ1v) is 7.74. The first-order chi connectivity index (χ1) is 12.6. The van der Waals surface area contributed by atoms with Crippen LogP contribution in [0.3, 0.4) is 0 Å². The molecule has 0 amide bonds. The minimum atomic E-state index is -1.45. The number of H-pyrrole nitrogens is 1. The van der Waals surface area contributed by atoms with E-state index in [2.05, 4.69) is 0 Å². The molecule has 0 aromatic carbocycles. The number of carbonyl (C=O) groups is 3. The third-order valence-electron chi connectivity index (χ3n) is 3.54. The van der Waals surface area contributed by atoms with Gasteiger partial charge in [-0.25, -0.2) is 4.79 Å². The Morgan fingerprint density at radius 3 is 2.26 bits per heavy atom. The standard InChI is InChI=1S/C15H17FN2O9/c1-6(19)24-5-10-11(25-7(2)20)12(26-8(3)21)14(27-10)18-4-9(16)13(22)17-15(18)23/h4,10-12,14H,5H2,1-3H3,(H,17,22,23)/t10-,11+,12+,14-/m0/s1. The van der Waals surface area contributed by atoms with Gasteiger partial charge in [-0.15, -0.1) is 0 Å². The molecule has 1 aliphatic rings. The van der Waals surface area contributed by atoms with Gasteiger partial charge in [-0.05, 0) is 0 Å². The molecule has 11 nitrogen and oxygen atoms in total. The number of nitrogens with zero attached hydrogens (tertiary/aromatic N) is 1. The fourth-order valence-electron chi connectivity index (χ4n) is 2.57. The maximum absolute atomic E-state index is 13.6. The Labute approximate surface area is 151 Å². The topological polar surface area (TPSA) is 143 Å². The second-order valence-corrected chi connectivity index (χ2v) is 5.66. The van der Waals surface area contributed by atoms with Crippen molar-refractivity contribution in [2.75, 3.05) is 6.61 Å². The van der Waals surface area contributed by atoms with Gasteiger partial charge in [-0.2, -0.15) is 4.39 Å². The lowest BCUT2D eigenvalue weighted by atomic mass is 10.1. The number of carbonyl (C=O) groups excluding carboxylic acids is 3. The van der Waals surface area contributed by atoms with Crippen molar-refractivity contribution in [2.24, 2.45) is 0 Å². The lowest BCUT2D eigenvalue weighted by Crippen LogP contribution is -2.42. The fraction of sp³-hybridized carbons (Fsp3) is 0.533. The number of aromatic amines is 1. The molecular formula is C15H17FN2O9. The van der Waals surface area contributed by atoms with E-state index in [1.165, 1.54) is 0 Å². The van der Waals surface area contributed by atoms with Gasteiger partial charge in [0.2, 0.25) is 5.82 Å². The van der Waals surface area contributed by atoms with E-state index in [0.29, 0.717) is 10.8 Å². The van der Waals surface area contributed by atoms with E-state index in [9.17, 15) is 28.4 Å². The molecule has 4 atom stereocenters. The second-order valence-electron chi connectivity index (χ2n) is 5.66. The van der Waals surface area contributed by atoms with Crippen molar-refractivity contribution in [3.63, 3.8) is 0 Å². The summed E-state index contributed by atoms with van der Waals surface area (Å²) in [7, 11) is 0. The molecule has 148 valence electrons. The van der Waals surface area contributed by atoms with Crippen LogP contribution in [0.15, 0.2) is 15.8 Å². The number of nitrogens with one attached hydrogen (secondary N) is 1. The average molecular weight is 388 g/mol. The summed E-state index contributed by atoms with van der Waals surface area (Å²) >= 11 is 0. The van der Waals surface area contributed by atoms with E-state index >= 15 is 0 Å². The second kappa shape index (κ2) is 8.12. The Hall–Kier alpha value is -3.02. The van der Waals surface area contributed by atoms with Crippen LogP contribution in [0.2, 0.25) is 0 Å². The van der Waals surface area contributed by atoms with Crippen LogP contribution < -0.4 is 11.2 Å². The van der Waals surface area contributed by atoms with Crippen molar-refractivity contribution in [1.29, 1.82) is 0 Å². The molecule has 0 bridgehead atoms. The SMILES string of the molecule is CC(=O)OC[C@@H]1O[C@H](n2cc(F)c(=O)[nH]c2=O)[C@H](OC(C)=O)[C@@H]1OC(C)=O. The van der Waals surface area contributed by atoms with Crippen LogP contribution in [0.25, 0.3) is 0 Å². The molecule has 27 heavy (non-hydrogen) atoms. The number of rotatable bonds is 5. The molecule has 0 saturated carbocycles. The van der Waals surface area contributed by atoms with Crippen molar-refractivity contribution < 1.29 is 37.7 Å². The zero-order valence-electron chi connectivity index (χ0n) is 14.6. The number of esters is 3. The first kappa shape index (κ1) is 20.3. The maximum atomic E-state index is 13.6. The molecule has 1 fully saturated rings. The maximum Gasteiger partial charge on any atom is 0.330 e. The predicted octanol–water partition coefficient (Wildman–Crippen LogP) is -1.00. The van der Waals surface area contributed by atoms with Crippen molar-refractivity contribution in [1.82, 2.24) is 9.55 Å². The summed E-state index contributed by atoms with van der Waals surface area (Å²) in [6, 6.07) is 0. The zero-order chi connectivity index (χ0) is 20.3. The van der Waals surface area contributed by atoms with E-state index in [0.717, 1.165) is 20.8 Å². The Kier molecular flexibility index (Phi) is 6.10. The summed E-state index contributed by atoms with van der Waals surface area (Å²) in [5.74, 6) is -3.49. The zero-order valence-corrected chi connectivity index (χ0v) is 14.6. The van der Waals surface area contributed by atoms with Gasteiger partial charge < -0.3 is 18.9 Å². The van der Waals surface area contributed by atoms with Crippen LogP contribution in [0, 0.1) is 5.82 Å². The van der Waals surface area contributed by atoms with Crippen molar-refractivity contribution in [3.8, 4) is 0 Å². The van der Waals surface area contributed by atoms with Gasteiger partial charge in [0, 0.05) is 20.8 Å². The van der Waals surface area contributed by atoms with Gasteiger partial charge in [0.1, 0.15) is 12.7 Å². The lowest BCUT2D eigenvalue weighted by Gasteiger charge is -2.23. The van der Waals surface area contributed by atoms with E-state index < -0.39 is 59.5 Å². The molecule has 0 spiro atoms. The van der Waals surface area contributed by atoms with Gasteiger partial charge in [0.25, 0.3) is 5.56 Å². The quantitative estimate of drug-likeness (QED) is 0.496. The van der Waals surface area contributed by atoms with Gasteiger partial charge in [-0.1, -0.05) is 0 Å². The number of halogens is 1. The van der Waals surface area contributed by atoms with Gasteiger partial charge in [-0.3, -0.25) is 28.7 Å². The molecular weight excluding hydrogens is 371 g/mol. The molecule has 1 aromatic rings. The minimum absolute atomic E-state index is 0.387. The van der Waals surface area contributed by atoms with Crippen LogP contribution in [-0.2, 0) is 33.3 Å². The normalized spacial score (nSPS) is 24.3. The first-order valence-electron chi connectivity index (χ1n) is 7.74. The van der Waals surface area contributed by atoms with Gasteiger partial charge in [0.15, 0.2) is 18.4 Å². The Bertz CT molecular complexity index is 862. The molecule has 2 rings (SSSR count).